The number of carboxylic acids is 1. The Bertz CT molecular complexity index is 332. The molecule has 96 valence electrons. The Hall–Kier alpha value is -1.75. The van der Waals surface area contributed by atoms with Crippen LogP contribution in [0.25, 0.3) is 0 Å². The monoisotopic (exact) mass is 240 g/mol. The summed E-state index contributed by atoms with van der Waals surface area (Å²) in [4.78, 5) is 10.1. The van der Waals surface area contributed by atoms with E-state index in [1.807, 2.05) is 13.8 Å². The largest absolute Gasteiger partial charge is 0.506 e. The van der Waals surface area contributed by atoms with Crippen LogP contribution in [-0.4, -0.2) is 22.2 Å². The van der Waals surface area contributed by atoms with Gasteiger partial charge in [0.1, 0.15) is 11.8 Å². The average molecular weight is 240 g/mol. The highest BCUT2D eigenvalue weighted by Crippen LogP contribution is 2.16. The van der Waals surface area contributed by atoms with Gasteiger partial charge in [-0.15, -0.1) is 0 Å². The number of hydrogen-bond donors (Lipinski definition) is 4. The highest BCUT2D eigenvalue weighted by atomic mass is 16.4. The van der Waals surface area contributed by atoms with Crippen molar-refractivity contribution in [2.24, 2.45) is 11.7 Å². The SMILES string of the molecule is CC(C)CC(N)C(=O)O.Nc1ccccc1O. The molecule has 1 unspecified atom stereocenters. The molecule has 0 heterocycles. The normalized spacial score (nSPS) is 11.5. The van der Waals surface area contributed by atoms with Gasteiger partial charge in [-0.1, -0.05) is 26.0 Å². The lowest BCUT2D eigenvalue weighted by atomic mass is 10.1. The number of nitrogen functional groups attached to an aromatic ring is 1. The molecule has 1 atom stereocenters. The van der Waals surface area contributed by atoms with Gasteiger partial charge in [-0.2, -0.15) is 0 Å². The van der Waals surface area contributed by atoms with E-state index in [0.717, 1.165) is 0 Å². The molecule has 0 amide bonds. The molecule has 5 heteroatoms. The quantitative estimate of drug-likeness (QED) is 0.472. The fourth-order valence-corrected chi connectivity index (χ4v) is 1.10. The lowest BCUT2D eigenvalue weighted by molar-refractivity contribution is -0.138. The summed E-state index contributed by atoms with van der Waals surface area (Å²) in [5.74, 6) is -0.410. The molecule has 0 bridgehead atoms. The number of anilines is 1. The fraction of sp³-hybridized carbons (Fsp3) is 0.417. The van der Waals surface area contributed by atoms with Crippen molar-refractivity contribution in [2.45, 2.75) is 26.3 Å². The predicted octanol–water partition coefficient (Wildman–Crippen LogP) is 1.42. The average Bonchev–Trinajstić information content (AvgIpc) is 2.22. The lowest BCUT2D eigenvalue weighted by Gasteiger charge is -2.07. The molecule has 0 aliphatic rings. The molecular formula is C12H20N2O3. The predicted molar refractivity (Wildman–Crippen MR) is 67.6 cm³/mol. The maximum atomic E-state index is 10.1. The molecule has 0 radical (unpaired) electrons. The number of hydrogen-bond acceptors (Lipinski definition) is 4. The minimum Gasteiger partial charge on any atom is -0.506 e. The highest BCUT2D eigenvalue weighted by Gasteiger charge is 2.11. The first-order valence-corrected chi connectivity index (χ1v) is 5.36. The molecule has 0 saturated carbocycles. The molecule has 0 spiro atoms. The molecule has 5 nitrogen and oxygen atoms in total. The third-order valence-corrected chi connectivity index (χ3v) is 1.98. The Morgan fingerprint density at radius 1 is 1.35 bits per heavy atom. The van der Waals surface area contributed by atoms with Crippen molar-refractivity contribution < 1.29 is 15.0 Å². The molecule has 6 N–H and O–H groups in total. The van der Waals surface area contributed by atoms with E-state index in [4.69, 9.17) is 21.7 Å². The number of phenolic OH excluding ortho intramolecular Hbond substituents is 1. The van der Waals surface area contributed by atoms with Gasteiger partial charge in [0, 0.05) is 0 Å². The van der Waals surface area contributed by atoms with Crippen LogP contribution in [0.3, 0.4) is 0 Å². The van der Waals surface area contributed by atoms with Crippen LogP contribution in [0.4, 0.5) is 5.69 Å². The second-order valence-corrected chi connectivity index (χ2v) is 4.13. The van der Waals surface area contributed by atoms with E-state index in [0.29, 0.717) is 18.0 Å². The van der Waals surface area contributed by atoms with Crippen LogP contribution in [0.2, 0.25) is 0 Å². The van der Waals surface area contributed by atoms with E-state index in [2.05, 4.69) is 0 Å². The molecule has 0 aromatic heterocycles. The number of carboxylic acid groups (broad SMARTS) is 1. The number of carbonyl (C=O) groups is 1. The molecular weight excluding hydrogens is 220 g/mol. The Balaban J connectivity index is 0.000000302. The molecule has 0 fully saturated rings. The van der Waals surface area contributed by atoms with Crippen molar-refractivity contribution in [1.82, 2.24) is 0 Å². The van der Waals surface area contributed by atoms with Gasteiger partial charge in [0.2, 0.25) is 0 Å². The first kappa shape index (κ1) is 15.2. The summed E-state index contributed by atoms with van der Waals surface area (Å²) in [5, 5.41) is 17.1. The Morgan fingerprint density at radius 2 is 1.88 bits per heavy atom. The maximum Gasteiger partial charge on any atom is 0.320 e. The zero-order chi connectivity index (χ0) is 13.4. The number of rotatable bonds is 3. The minimum atomic E-state index is -0.913. The maximum absolute atomic E-state index is 10.1. The van der Waals surface area contributed by atoms with Crippen LogP contribution in [0.15, 0.2) is 24.3 Å². The first-order chi connectivity index (χ1) is 7.84. The van der Waals surface area contributed by atoms with Gasteiger partial charge < -0.3 is 21.7 Å². The van der Waals surface area contributed by atoms with Crippen LogP contribution >= 0.6 is 0 Å². The van der Waals surface area contributed by atoms with E-state index in [1.165, 1.54) is 0 Å². The fourth-order valence-electron chi connectivity index (χ4n) is 1.10. The zero-order valence-electron chi connectivity index (χ0n) is 10.1. The van der Waals surface area contributed by atoms with Gasteiger partial charge >= 0.3 is 5.97 Å². The smallest absolute Gasteiger partial charge is 0.320 e. The van der Waals surface area contributed by atoms with Crippen molar-refractivity contribution in [2.75, 3.05) is 5.73 Å². The summed E-state index contributed by atoms with van der Waals surface area (Å²) in [6, 6.07) is 6.01. The third-order valence-electron chi connectivity index (χ3n) is 1.98. The number of para-hydroxylation sites is 2. The Kier molecular flexibility index (Phi) is 6.74. The third kappa shape index (κ3) is 7.19. The van der Waals surface area contributed by atoms with Crippen molar-refractivity contribution >= 4 is 11.7 Å². The van der Waals surface area contributed by atoms with Gasteiger partial charge in [-0.05, 0) is 24.5 Å². The number of phenols is 1. The van der Waals surface area contributed by atoms with E-state index >= 15 is 0 Å². The van der Waals surface area contributed by atoms with E-state index < -0.39 is 12.0 Å². The minimum absolute atomic E-state index is 0.146. The van der Waals surface area contributed by atoms with Gasteiger partial charge in [-0.3, -0.25) is 4.79 Å². The van der Waals surface area contributed by atoms with Gasteiger partial charge in [-0.25, -0.2) is 0 Å². The molecule has 1 rings (SSSR count). The van der Waals surface area contributed by atoms with Gasteiger partial charge in [0.05, 0.1) is 5.69 Å². The van der Waals surface area contributed by atoms with E-state index in [9.17, 15) is 4.79 Å². The summed E-state index contributed by atoms with van der Waals surface area (Å²) < 4.78 is 0. The standard InChI is InChI=1S/C6H13NO2.C6H7NO/c1-4(2)3-5(7)6(8)9;7-5-3-1-2-4-6(5)8/h4-5H,3,7H2,1-2H3,(H,8,9);1-4,8H,7H2. The molecule has 17 heavy (non-hydrogen) atoms. The molecule has 0 aliphatic heterocycles. The molecule has 0 saturated heterocycles. The van der Waals surface area contributed by atoms with Gasteiger partial charge in [0.25, 0.3) is 0 Å². The number of aliphatic carboxylic acids is 1. The van der Waals surface area contributed by atoms with Crippen LogP contribution in [-0.2, 0) is 4.79 Å². The van der Waals surface area contributed by atoms with Gasteiger partial charge in [0.15, 0.2) is 0 Å². The van der Waals surface area contributed by atoms with Crippen LogP contribution in [0.1, 0.15) is 20.3 Å². The molecule has 1 aromatic carbocycles. The van der Waals surface area contributed by atoms with Crippen LogP contribution < -0.4 is 11.5 Å². The summed E-state index contributed by atoms with van der Waals surface area (Å²) >= 11 is 0. The number of benzene rings is 1. The van der Waals surface area contributed by atoms with Crippen LogP contribution in [0.5, 0.6) is 5.75 Å². The van der Waals surface area contributed by atoms with Crippen LogP contribution in [0, 0.1) is 5.92 Å². The van der Waals surface area contributed by atoms with Crippen molar-refractivity contribution in [3.63, 3.8) is 0 Å². The Morgan fingerprint density at radius 3 is 2.12 bits per heavy atom. The van der Waals surface area contributed by atoms with E-state index in [1.54, 1.807) is 24.3 Å². The Labute approximate surface area is 101 Å². The second kappa shape index (κ2) is 7.51. The summed E-state index contributed by atoms with van der Waals surface area (Å²) in [6.07, 6.45) is 0.551. The summed E-state index contributed by atoms with van der Waals surface area (Å²) in [5.41, 5.74) is 10.9. The molecule has 1 aromatic rings. The topological polar surface area (TPSA) is 110 Å². The van der Waals surface area contributed by atoms with E-state index in [-0.39, 0.29) is 5.75 Å². The number of nitrogens with two attached hydrogens (primary N) is 2. The van der Waals surface area contributed by atoms with Crippen molar-refractivity contribution in [3.05, 3.63) is 24.3 Å². The summed E-state index contributed by atoms with van der Waals surface area (Å²) in [7, 11) is 0. The van der Waals surface area contributed by atoms with Crippen molar-refractivity contribution in [3.8, 4) is 5.75 Å². The van der Waals surface area contributed by atoms with Crippen molar-refractivity contribution in [1.29, 1.82) is 0 Å². The lowest BCUT2D eigenvalue weighted by Crippen LogP contribution is -2.31. The second-order valence-electron chi connectivity index (χ2n) is 4.13. The zero-order valence-corrected chi connectivity index (χ0v) is 10.1. The number of aromatic hydroxyl groups is 1. The first-order valence-electron chi connectivity index (χ1n) is 5.36. The summed E-state index contributed by atoms with van der Waals surface area (Å²) in [6.45, 7) is 3.89. The molecule has 0 aliphatic carbocycles. The highest BCUT2D eigenvalue weighted by molar-refractivity contribution is 5.72.